The molecule has 1 fully saturated rings. The van der Waals surface area contributed by atoms with Gasteiger partial charge in [-0.05, 0) is 25.0 Å². The Kier molecular flexibility index (Phi) is 5.80. The van der Waals surface area contributed by atoms with Gasteiger partial charge in [-0.15, -0.1) is 10.2 Å². The van der Waals surface area contributed by atoms with Crippen LogP contribution in [0.5, 0.6) is 0 Å². The van der Waals surface area contributed by atoms with Gasteiger partial charge in [0.05, 0.1) is 0 Å². The number of aromatic nitrogens is 4. The average Bonchev–Trinajstić information content (AvgIpc) is 3.50. The van der Waals surface area contributed by atoms with Crippen LogP contribution >= 0.6 is 0 Å². The zero-order valence-corrected chi connectivity index (χ0v) is 16.1. The predicted molar refractivity (Wildman–Crippen MR) is 101 cm³/mol. The van der Waals surface area contributed by atoms with Crippen LogP contribution in [0.15, 0.2) is 39.3 Å². The molecule has 29 heavy (non-hydrogen) atoms. The maximum Gasteiger partial charge on any atom is 0.317 e. The van der Waals surface area contributed by atoms with Crippen molar-refractivity contribution in [2.24, 2.45) is 0 Å². The lowest BCUT2D eigenvalue weighted by Gasteiger charge is -2.15. The molecule has 1 aromatic carbocycles. The molecule has 1 saturated heterocycles. The van der Waals surface area contributed by atoms with Gasteiger partial charge in [0.1, 0.15) is 12.6 Å². The van der Waals surface area contributed by atoms with Crippen LogP contribution in [0.3, 0.4) is 0 Å². The zero-order valence-electron chi connectivity index (χ0n) is 16.1. The van der Waals surface area contributed by atoms with Crippen molar-refractivity contribution in [1.82, 2.24) is 30.6 Å². The Morgan fingerprint density at radius 1 is 1.28 bits per heavy atom. The van der Waals surface area contributed by atoms with E-state index in [9.17, 15) is 4.79 Å². The molecule has 0 aliphatic carbocycles. The second-order valence-electron chi connectivity index (χ2n) is 6.76. The Hall–Kier alpha value is -3.27. The lowest BCUT2D eigenvalue weighted by molar-refractivity contribution is 0.0835. The molecule has 0 bridgehead atoms. The van der Waals surface area contributed by atoms with Gasteiger partial charge in [-0.25, -0.2) is 4.79 Å². The molecule has 0 saturated carbocycles. The van der Waals surface area contributed by atoms with Crippen LogP contribution in [0.1, 0.15) is 36.6 Å². The number of carbonyl (C=O) groups is 1. The molecule has 3 aromatic rings. The van der Waals surface area contributed by atoms with E-state index in [1.54, 1.807) is 7.05 Å². The van der Waals surface area contributed by atoms with Crippen LogP contribution < -0.4 is 5.32 Å². The van der Waals surface area contributed by atoms with E-state index < -0.39 is 0 Å². The van der Waals surface area contributed by atoms with Crippen molar-refractivity contribution in [1.29, 1.82) is 0 Å². The second kappa shape index (κ2) is 8.82. The fraction of sp³-hybridized carbons (Fsp3) is 0.421. The summed E-state index contributed by atoms with van der Waals surface area (Å²) in [4.78, 5) is 18.1. The quantitative estimate of drug-likeness (QED) is 0.644. The molecule has 1 aliphatic heterocycles. The Bertz CT molecular complexity index is 935. The number of ether oxygens (including phenoxy) is 1. The zero-order chi connectivity index (χ0) is 20.1. The lowest BCUT2D eigenvalue weighted by Crippen LogP contribution is -2.37. The van der Waals surface area contributed by atoms with E-state index >= 15 is 0 Å². The van der Waals surface area contributed by atoms with Crippen molar-refractivity contribution in [3.8, 4) is 11.5 Å². The molecule has 10 heteroatoms. The number of hydrogen-bond acceptors (Lipinski definition) is 8. The summed E-state index contributed by atoms with van der Waals surface area (Å²) in [6.07, 6.45) is 2.25. The van der Waals surface area contributed by atoms with E-state index in [0.717, 1.165) is 25.0 Å². The Labute approximate surface area is 167 Å². The summed E-state index contributed by atoms with van der Waals surface area (Å²) < 4.78 is 16.4. The van der Waals surface area contributed by atoms with Crippen molar-refractivity contribution >= 4 is 6.03 Å². The van der Waals surface area contributed by atoms with E-state index in [1.807, 2.05) is 30.3 Å². The van der Waals surface area contributed by atoms with Gasteiger partial charge in [0.25, 0.3) is 5.89 Å². The average molecular weight is 398 g/mol. The Morgan fingerprint density at radius 2 is 2.14 bits per heavy atom. The van der Waals surface area contributed by atoms with Crippen LogP contribution in [0.4, 0.5) is 4.79 Å². The van der Waals surface area contributed by atoms with E-state index in [2.05, 4.69) is 25.7 Å². The first kappa shape index (κ1) is 19.1. The highest BCUT2D eigenvalue weighted by atomic mass is 16.5. The highest BCUT2D eigenvalue weighted by molar-refractivity contribution is 5.73. The first-order valence-corrected chi connectivity index (χ1v) is 9.50. The second-order valence-corrected chi connectivity index (χ2v) is 6.76. The standard InChI is InChI=1S/C19H22N6O4/c1-25(12-16-22-23-17(28-16)13-6-3-2-4-7-13)19(26)20-10-9-15-21-18(29-24-15)14-8-5-11-27-14/h2-4,6-7,14H,5,8-12H2,1H3,(H,20,26). The minimum atomic E-state index is -0.257. The molecule has 1 unspecified atom stereocenters. The van der Waals surface area contributed by atoms with E-state index in [4.69, 9.17) is 13.7 Å². The maximum atomic E-state index is 12.3. The number of hydrogen-bond donors (Lipinski definition) is 1. The third kappa shape index (κ3) is 4.77. The van der Waals surface area contributed by atoms with E-state index in [1.165, 1.54) is 4.90 Å². The summed E-state index contributed by atoms with van der Waals surface area (Å²) in [5.74, 6) is 1.84. The van der Waals surface area contributed by atoms with Crippen LogP contribution in [0.25, 0.3) is 11.5 Å². The Morgan fingerprint density at radius 3 is 2.93 bits per heavy atom. The van der Waals surface area contributed by atoms with Crippen LogP contribution in [-0.2, 0) is 17.7 Å². The number of nitrogens with zero attached hydrogens (tertiary/aromatic N) is 5. The molecule has 0 spiro atoms. The molecule has 4 rings (SSSR count). The highest BCUT2D eigenvalue weighted by Gasteiger charge is 2.23. The minimum absolute atomic E-state index is 0.104. The number of urea groups is 1. The smallest absolute Gasteiger partial charge is 0.317 e. The largest absolute Gasteiger partial charge is 0.419 e. The van der Waals surface area contributed by atoms with Crippen LogP contribution in [0.2, 0.25) is 0 Å². The lowest BCUT2D eigenvalue weighted by atomic mass is 10.2. The molecule has 1 aliphatic rings. The predicted octanol–water partition coefficient (Wildman–Crippen LogP) is 2.36. The number of amides is 2. The molecule has 2 aromatic heterocycles. The molecule has 1 atom stereocenters. The Balaban J connectivity index is 1.23. The SMILES string of the molecule is CN(Cc1nnc(-c2ccccc2)o1)C(=O)NCCc1noc(C2CCCO2)n1. The third-order valence-corrected chi connectivity index (χ3v) is 4.52. The highest BCUT2D eigenvalue weighted by Crippen LogP contribution is 2.26. The molecule has 152 valence electrons. The fourth-order valence-corrected chi connectivity index (χ4v) is 2.98. The van der Waals surface area contributed by atoms with Crippen molar-refractivity contribution < 1.29 is 18.5 Å². The molecular formula is C19H22N6O4. The normalized spacial score (nSPS) is 16.1. The first-order valence-electron chi connectivity index (χ1n) is 9.50. The van der Waals surface area contributed by atoms with Gasteiger partial charge >= 0.3 is 6.03 Å². The molecule has 10 nitrogen and oxygen atoms in total. The maximum absolute atomic E-state index is 12.3. The van der Waals surface area contributed by atoms with E-state index in [-0.39, 0.29) is 18.7 Å². The summed E-state index contributed by atoms with van der Waals surface area (Å²) in [5.41, 5.74) is 0.834. The van der Waals surface area contributed by atoms with Gasteiger partial charge in [-0.2, -0.15) is 4.98 Å². The van der Waals surface area contributed by atoms with Gasteiger partial charge in [0, 0.05) is 32.2 Å². The van der Waals surface area contributed by atoms with Crippen molar-refractivity contribution in [3.05, 3.63) is 47.9 Å². The topological polar surface area (TPSA) is 119 Å². The third-order valence-electron chi connectivity index (χ3n) is 4.52. The first-order chi connectivity index (χ1) is 14.2. The van der Waals surface area contributed by atoms with E-state index in [0.29, 0.717) is 36.5 Å². The monoisotopic (exact) mass is 398 g/mol. The number of nitrogens with one attached hydrogen (secondary N) is 1. The van der Waals surface area contributed by atoms with Crippen LogP contribution in [-0.4, -0.2) is 51.5 Å². The van der Waals surface area contributed by atoms with Crippen molar-refractivity contribution in [3.63, 3.8) is 0 Å². The van der Waals surface area contributed by atoms with Crippen molar-refractivity contribution in [2.45, 2.75) is 31.9 Å². The van der Waals surface area contributed by atoms with Gasteiger partial charge in [-0.3, -0.25) is 0 Å². The summed E-state index contributed by atoms with van der Waals surface area (Å²) in [5, 5.41) is 14.8. The van der Waals surface area contributed by atoms with Gasteiger partial charge in [0.2, 0.25) is 11.8 Å². The van der Waals surface area contributed by atoms with Crippen LogP contribution in [0, 0.1) is 0 Å². The molecule has 2 amide bonds. The molecule has 0 radical (unpaired) electrons. The molecular weight excluding hydrogens is 376 g/mol. The summed E-state index contributed by atoms with van der Waals surface area (Å²) in [6.45, 7) is 1.31. The summed E-state index contributed by atoms with van der Waals surface area (Å²) >= 11 is 0. The van der Waals surface area contributed by atoms with Crippen molar-refractivity contribution in [2.75, 3.05) is 20.2 Å². The number of benzene rings is 1. The summed E-state index contributed by atoms with van der Waals surface area (Å²) in [6, 6.07) is 9.22. The summed E-state index contributed by atoms with van der Waals surface area (Å²) in [7, 11) is 1.66. The minimum Gasteiger partial charge on any atom is -0.419 e. The van der Waals surface area contributed by atoms with Gasteiger partial charge < -0.3 is 23.9 Å². The number of rotatable bonds is 7. The van der Waals surface area contributed by atoms with Gasteiger partial charge in [0.15, 0.2) is 5.82 Å². The molecule has 1 N–H and O–H groups in total. The van der Waals surface area contributed by atoms with Gasteiger partial charge in [-0.1, -0.05) is 23.4 Å². The molecule has 3 heterocycles. The number of carbonyl (C=O) groups excluding carboxylic acids is 1. The fourth-order valence-electron chi connectivity index (χ4n) is 2.98.